The van der Waals surface area contributed by atoms with E-state index in [2.05, 4.69) is 48.7 Å². The first-order valence-corrected chi connectivity index (χ1v) is 5.17. The predicted octanol–water partition coefficient (Wildman–Crippen LogP) is 3.18. The van der Waals surface area contributed by atoms with Crippen LogP contribution in [-0.2, 0) is 6.54 Å². The highest BCUT2D eigenvalue weighted by molar-refractivity contribution is 5.76. The molecule has 14 heavy (non-hydrogen) atoms. The van der Waals surface area contributed by atoms with Gasteiger partial charge in [-0.25, -0.2) is 0 Å². The maximum atomic E-state index is 4.45. The molecule has 0 N–H and O–H groups in total. The maximum absolute atomic E-state index is 4.45. The number of pyridine rings is 1. The van der Waals surface area contributed by atoms with E-state index < -0.39 is 0 Å². The van der Waals surface area contributed by atoms with Crippen molar-refractivity contribution in [2.24, 2.45) is 0 Å². The highest BCUT2D eigenvalue weighted by atomic mass is 15.0. The molecule has 0 aliphatic heterocycles. The summed E-state index contributed by atoms with van der Waals surface area (Å²) in [7, 11) is 0. The zero-order chi connectivity index (χ0) is 10.1. The molecule has 0 amide bonds. The van der Waals surface area contributed by atoms with Gasteiger partial charge >= 0.3 is 0 Å². The molecule has 0 unspecified atom stereocenters. The number of hydrogen-bond donors (Lipinski definition) is 0. The van der Waals surface area contributed by atoms with Gasteiger partial charge in [-0.15, -0.1) is 0 Å². The van der Waals surface area contributed by atoms with Gasteiger partial charge in [0.05, 0.1) is 11.0 Å². The van der Waals surface area contributed by atoms with Gasteiger partial charge in [0.15, 0.2) is 0 Å². The third-order valence-corrected chi connectivity index (χ3v) is 2.65. The second kappa shape index (κ2) is 3.45. The SMILES string of the molecule is CCn1ccc2ncc(C(C)C)cc21. The Balaban J connectivity index is 2.61. The molecule has 0 aromatic carbocycles. The maximum Gasteiger partial charge on any atom is 0.0881 e. The Labute approximate surface area is 84.6 Å². The molecule has 2 heterocycles. The van der Waals surface area contributed by atoms with Crippen LogP contribution in [0.3, 0.4) is 0 Å². The highest BCUT2D eigenvalue weighted by Gasteiger charge is 2.04. The summed E-state index contributed by atoms with van der Waals surface area (Å²) in [5.74, 6) is 0.548. The van der Waals surface area contributed by atoms with Crippen LogP contribution < -0.4 is 0 Å². The molecule has 2 rings (SSSR count). The van der Waals surface area contributed by atoms with Crippen molar-refractivity contribution in [3.63, 3.8) is 0 Å². The van der Waals surface area contributed by atoms with Crippen LogP contribution in [0.2, 0.25) is 0 Å². The summed E-state index contributed by atoms with van der Waals surface area (Å²) in [6.07, 6.45) is 4.08. The van der Waals surface area contributed by atoms with E-state index in [1.807, 2.05) is 6.20 Å². The standard InChI is InChI=1S/C12H16N2/c1-4-14-6-5-11-12(14)7-10(8-13-11)9(2)3/h5-9H,4H2,1-3H3. The first-order chi connectivity index (χ1) is 6.72. The van der Waals surface area contributed by atoms with Gasteiger partial charge in [-0.1, -0.05) is 13.8 Å². The molecular formula is C12H16N2. The third-order valence-electron chi connectivity index (χ3n) is 2.65. The molecule has 74 valence electrons. The lowest BCUT2D eigenvalue weighted by Crippen LogP contribution is -1.94. The normalized spacial score (nSPS) is 11.4. The smallest absolute Gasteiger partial charge is 0.0881 e. The molecule has 0 fully saturated rings. The zero-order valence-corrected chi connectivity index (χ0v) is 8.99. The van der Waals surface area contributed by atoms with E-state index in [4.69, 9.17) is 0 Å². The number of rotatable bonds is 2. The molecule has 2 aromatic rings. The number of fused-ring (bicyclic) bond motifs is 1. The van der Waals surface area contributed by atoms with Crippen LogP contribution in [0.4, 0.5) is 0 Å². The topological polar surface area (TPSA) is 17.8 Å². The number of aromatic nitrogens is 2. The van der Waals surface area contributed by atoms with E-state index in [-0.39, 0.29) is 0 Å². The minimum Gasteiger partial charge on any atom is -0.346 e. The number of hydrogen-bond acceptors (Lipinski definition) is 1. The van der Waals surface area contributed by atoms with Crippen LogP contribution in [0.15, 0.2) is 24.5 Å². The average molecular weight is 188 g/mol. The summed E-state index contributed by atoms with van der Waals surface area (Å²) in [6.45, 7) is 7.55. The molecule has 0 saturated carbocycles. The molecule has 0 aliphatic rings. The van der Waals surface area contributed by atoms with Gasteiger partial charge in [-0.3, -0.25) is 4.98 Å². The minimum atomic E-state index is 0.548. The van der Waals surface area contributed by atoms with Crippen molar-refractivity contribution < 1.29 is 0 Å². The molecule has 0 atom stereocenters. The van der Waals surface area contributed by atoms with E-state index in [9.17, 15) is 0 Å². The fourth-order valence-corrected chi connectivity index (χ4v) is 1.67. The summed E-state index contributed by atoms with van der Waals surface area (Å²) < 4.78 is 2.23. The van der Waals surface area contributed by atoms with Crippen molar-refractivity contribution >= 4 is 11.0 Å². The Bertz CT molecular complexity index is 441. The molecule has 2 nitrogen and oxygen atoms in total. The van der Waals surface area contributed by atoms with Gasteiger partial charge in [-0.05, 0) is 30.5 Å². The van der Waals surface area contributed by atoms with Crippen LogP contribution >= 0.6 is 0 Å². The molecular weight excluding hydrogens is 172 g/mol. The second-order valence-electron chi connectivity index (χ2n) is 3.93. The van der Waals surface area contributed by atoms with Crippen molar-refractivity contribution in [2.75, 3.05) is 0 Å². The molecule has 2 heteroatoms. The van der Waals surface area contributed by atoms with Gasteiger partial charge < -0.3 is 4.57 Å². The Morgan fingerprint density at radius 3 is 2.86 bits per heavy atom. The van der Waals surface area contributed by atoms with Crippen molar-refractivity contribution in [1.29, 1.82) is 0 Å². The molecule has 0 saturated heterocycles. The van der Waals surface area contributed by atoms with Gasteiger partial charge in [0, 0.05) is 18.9 Å². The van der Waals surface area contributed by atoms with Crippen molar-refractivity contribution in [1.82, 2.24) is 9.55 Å². The van der Waals surface area contributed by atoms with Crippen LogP contribution in [-0.4, -0.2) is 9.55 Å². The Morgan fingerprint density at radius 1 is 1.43 bits per heavy atom. The van der Waals surface area contributed by atoms with E-state index >= 15 is 0 Å². The van der Waals surface area contributed by atoms with Crippen molar-refractivity contribution in [2.45, 2.75) is 33.2 Å². The predicted molar refractivity (Wildman–Crippen MR) is 59.5 cm³/mol. The summed E-state index contributed by atoms with van der Waals surface area (Å²) in [5.41, 5.74) is 3.65. The number of aryl methyl sites for hydroxylation is 1. The second-order valence-corrected chi connectivity index (χ2v) is 3.93. The average Bonchev–Trinajstić information content (AvgIpc) is 2.59. The molecule has 0 radical (unpaired) electrons. The molecule has 0 spiro atoms. The largest absolute Gasteiger partial charge is 0.346 e. The van der Waals surface area contributed by atoms with Crippen LogP contribution in [0, 0.1) is 0 Å². The highest BCUT2D eigenvalue weighted by Crippen LogP contribution is 2.19. The lowest BCUT2D eigenvalue weighted by atomic mass is 10.1. The van der Waals surface area contributed by atoms with Crippen molar-refractivity contribution in [3.8, 4) is 0 Å². The molecule has 0 aliphatic carbocycles. The summed E-state index contributed by atoms with van der Waals surface area (Å²) in [4.78, 5) is 4.45. The van der Waals surface area contributed by atoms with Crippen LogP contribution in [0.25, 0.3) is 11.0 Å². The quantitative estimate of drug-likeness (QED) is 0.707. The van der Waals surface area contributed by atoms with Crippen LogP contribution in [0.5, 0.6) is 0 Å². The fourth-order valence-electron chi connectivity index (χ4n) is 1.67. The van der Waals surface area contributed by atoms with Gasteiger partial charge in [0.25, 0.3) is 0 Å². The van der Waals surface area contributed by atoms with Crippen LogP contribution in [0.1, 0.15) is 32.3 Å². The van der Waals surface area contributed by atoms with E-state index in [0.717, 1.165) is 12.1 Å². The van der Waals surface area contributed by atoms with E-state index in [1.54, 1.807) is 0 Å². The Hall–Kier alpha value is -1.31. The minimum absolute atomic E-state index is 0.548. The lowest BCUT2D eigenvalue weighted by molar-refractivity contribution is 0.793. The summed E-state index contributed by atoms with van der Waals surface area (Å²) >= 11 is 0. The van der Waals surface area contributed by atoms with E-state index in [0.29, 0.717) is 5.92 Å². The first-order valence-electron chi connectivity index (χ1n) is 5.17. The van der Waals surface area contributed by atoms with E-state index in [1.165, 1.54) is 11.1 Å². The van der Waals surface area contributed by atoms with Crippen molar-refractivity contribution in [3.05, 3.63) is 30.1 Å². The Morgan fingerprint density at radius 2 is 2.21 bits per heavy atom. The van der Waals surface area contributed by atoms with Gasteiger partial charge in [-0.2, -0.15) is 0 Å². The summed E-state index contributed by atoms with van der Waals surface area (Å²) in [5, 5.41) is 0. The Kier molecular flexibility index (Phi) is 2.28. The third kappa shape index (κ3) is 1.41. The summed E-state index contributed by atoms with van der Waals surface area (Å²) in [6, 6.07) is 4.32. The van der Waals surface area contributed by atoms with Gasteiger partial charge in [0.1, 0.15) is 0 Å². The zero-order valence-electron chi connectivity index (χ0n) is 8.99. The fraction of sp³-hybridized carbons (Fsp3) is 0.417. The monoisotopic (exact) mass is 188 g/mol. The first kappa shape index (κ1) is 9.25. The number of nitrogens with zero attached hydrogens (tertiary/aromatic N) is 2. The van der Waals surface area contributed by atoms with Gasteiger partial charge in [0.2, 0.25) is 0 Å². The lowest BCUT2D eigenvalue weighted by Gasteiger charge is -2.06. The molecule has 0 bridgehead atoms. The molecule has 2 aromatic heterocycles.